The zero-order valence-electron chi connectivity index (χ0n) is 9.78. The van der Waals surface area contributed by atoms with Crippen LogP contribution >= 0.6 is 11.6 Å². The molecular weight excluding hydrogens is 254 g/mol. The van der Waals surface area contributed by atoms with Gasteiger partial charge in [0.25, 0.3) is 0 Å². The smallest absolute Gasteiger partial charge is 0.321 e. The minimum Gasteiger partial charge on any atom is -0.338 e. The van der Waals surface area contributed by atoms with Crippen LogP contribution < -0.4 is 15.5 Å². The maximum absolute atomic E-state index is 11.7. The molecule has 6 heteroatoms. The average molecular weight is 268 g/mol. The van der Waals surface area contributed by atoms with Gasteiger partial charge in [0.1, 0.15) is 5.88 Å². The number of halogens is 1. The van der Waals surface area contributed by atoms with E-state index in [1.165, 1.54) is 0 Å². The van der Waals surface area contributed by atoms with Crippen LogP contribution in [0.3, 0.4) is 0 Å². The molecule has 0 radical (unpaired) electrons. The lowest BCUT2D eigenvalue weighted by molar-refractivity contribution is -0.113. The fraction of sp³-hybridized carbons (Fsp3) is 0.333. The molecule has 0 saturated carbocycles. The van der Waals surface area contributed by atoms with Crippen LogP contribution in [0.1, 0.15) is 6.42 Å². The molecule has 2 N–H and O–H groups in total. The molecule has 0 spiro atoms. The largest absolute Gasteiger partial charge is 0.338 e. The molecule has 2 rings (SSSR count). The molecule has 96 valence electrons. The second-order valence-electron chi connectivity index (χ2n) is 3.97. The van der Waals surface area contributed by atoms with Crippen LogP contribution in [-0.2, 0) is 4.79 Å². The molecule has 1 fully saturated rings. The Bertz CT molecular complexity index is 464. The zero-order valence-corrected chi connectivity index (χ0v) is 10.5. The number of hydrogen-bond acceptors (Lipinski definition) is 2. The van der Waals surface area contributed by atoms with Crippen molar-refractivity contribution in [3.8, 4) is 0 Å². The fourth-order valence-corrected chi connectivity index (χ4v) is 1.89. The van der Waals surface area contributed by atoms with E-state index in [1.54, 1.807) is 23.1 Å². The number of anilines is 2. The number of carbonyl (C=O) groups excluding carboxylic acids is 2. The maximum atomic E-state index is 11.7. The van der Waals surface area contributed by atoms with Crippen molar-refractivity contribution in [3.05, 3.63) is 24.3 Å². The van der Waals surface area contributed by atoms with Crippen molar-refractivity contribution < 1.29 is 9.59 Å². The molecule has 0 unspecified atom stereocenters. The second-order valence-corrected chi connectivity index (χ2v) is 4.24. The number of carbonyl (C=O) groups is 2. The highest BCUT2D eigenvalue weighted by molar-refractivity contribution is 6.29. The lowest BCUT2D eigenvalue weighted by atomic mass is 10.2. The average Bonchev–Trinajstić information content (AvgIpc) is 2.39. The number of nitrogens with one attached hydrogen (secondary N) is 2. The first kappa shape index (κ1) is 12.7. The molecule has 1 aromatic rings. The van der Waals surface area contributed by atoms with E-state index in [0.29, 0.717) is 18.8 Å². The van der Waals surface area contributed by atoms with Gasteiger partial charge < -0.3 is 10.6 Å². The van der Waals surface area contributed by atoms with Gasteiger partial charge in [0, 0.05) is 24.5 Å². The SMILES string of the molecule is O=C(CCl)Nc1cccc(N2CCCNC2=O)c1. The van der Waals surface area contributed by atoms with Gasteiger partial charge in [-0.25, -0.2) is 4.79 Å². The molecule has 18 heavy (non-hydrogen) atoms. The molecule has 1 aliphatic rings. The van der Waals surface area contributed by atoms with Crippen molar-refractivity contribution in [3.63, 3.8) is 0 Å². The van der Waals surface area contributed by atoms with Crippen LogP contribution in [0.5, 0.6) is 0 Å². The first-order valence-electron chi connectivity index (χ1n) is 5.72. The minimum atomic E-state index is -0.267. The van der Waals surface area contributed by atoms with E-state index in [-0.39, 0.29) is 17.8 Å². The Morgan fingerprint density at radius 1 is 1.50 bits per heavy atom. The van der Waals surface area contributed by atoms with Gasteiger partial charge in [0.2, 0.25) is 5.91 Å². The Hall–Kier alpha value is -1.75. The summed E-state index contributed by atoms with van der Waals surface area (Å²) in [6.45, 7) is 1.39. The summed E-state index contributed by atoms with van der Waals surface area (Å²) in [6.07, 6.45) is 0.907. The summed E-state index contributed by atoms with van der Waals surface area (Å²) < 4.78 is 0. The number of rotatable bonds is 3. The highest BCUT2D eigenvalue weighted by atomic mass is 35.5. The lowest BCUT2D eigenvalue weighted by Crippen LogP contribution is -2.46. The topological polar surface area (TPSA) is 61.4 Å². The number of hydrogen-bond donors (Lipinski definition) is 2. The summed E-state index contributed by atoms with van der Waals surface area (Å²) in [6, 6.07) is 7.04. The molecular formula is C12H14ClN3O2. The van der Waals surface area contributed by atoms with Crippen molar-refractivity contribution in [1.82, 2.24) is 5.32 Å². The normalized spacial score (nSPS) is 15.2. The van der Waals surface area contributed by atoms with Crippen molar-refractivity contribution in [2.45, 2.75) is 6.42 Å². The Labute approximate surface area is 110 Å². The fourth-order valence-electron chi connectivity index (χ4n) is 1.82. The first-order chi connectivity index (χ1) is 8.70. The van der Waals surface area contributed by atoms with Gasteiger partial charge in [-0.2, -0.15) is 0 Å². The zero-order chi connectivity index (χ0) is 13.0. The molecule has 1 aromatic carbocycles. The summed E-state index contributed by atoms with van der Waals surface area (Å²) in [5, 5.41) is 5.44. The highest BCUT2D eigenvalue weighted by Crippen LogP contribution is 2.21. The van der Waals surface area contributed by atoms with E-state index in [2.05, 4.69) is 10.6 Å². The number of alkyl halides is 1. The number of amides is 3. The molecule has 0 aromatic heterocycles. The summed E-state index contributed by atoms with van der Waals surface area (Å²) in [5.41, 5.74) is 1.40. The van der Waals surface area contributed by atoms with Crippen molar-refractivity contribution >= 4 is 34.9 Å². The summed E-state index contributed by atoms with van der Waals surface area (Å²) in [5.74, 6) is -0.356. The van der Waals surface area contributed by atoms with Crippen LogP contribution in [0.4, 0.5) is 16.2 Å². The number of nitrogens with zero attached hydrogens (tertiary/aromatic N) is 1. The summed E-state index contributed by atoms with van der Waals surface area (Å²) in [4.78, 5) is 24.5. The van der Waals surface area contributed by atoms with Crippen LogP contribution in [0.25, 0.3) is 0 Å². The van der Waals surface area contributed by atoms with E-state index >= 15 is 0 Å². The van der Waals surface area contributed by atoms with Gasteiger partial charge in [0.05, 0.1) is 0 Å². The van der Waals surface area contributed by atoms with Crippen molar-refractivity contribution in [1.29, 1.82) is 0 Å². The Morgan fingerprint density at radius 3 is 3.06 bits per heavy atom. The van der Waals surface area contributed by atoms with E-state index in [4.69, 9.17) is 11.6 Å². The lowest BCUT2D eigenvalue weighted by Gasteiger charge is -2.27. The number of urea groups is 1. The molecule has 1 heterocycles. The van der Waals surface area contributed by atoms with Gasteiger partial charge in [0.15, 0.2) is 0 Å². The molecule has 0 bridgehead atoms. The second kappa shape index (κ2) is 5.73. The monoisotopic (exact) mass is 267 g/mol. The molecule has 0 aliphatic carbocycles. The minimum absolute atomic E-state index is 0.0889. The predicted octanol–water partition coefficient (Wildman–Crippen LogP) is 1.78. The summed E-state index contributed by atoms with van der Waals surface area (Å²) >= 11 is 5.43. The van der Waals surface area contributed by atoms with E-state index in [0.717, 1.165) is 12.1 Å². The third-order valence-electron chi connectivity index (χ3n) is 2.64. The third-order valence-corrected chi connectivity index (χ3v) is 2.89. The van der Waals surface area contributed by atoms with Crippen LogP contribution in [0.2, 0.25) is 0 Å². The molecule has 1 aliphatic heterocycles. The molecule has 5 nitrogen and oxygen atoms in total. The van der Waals surface area contributed by atoms with Crippen LogP contribution in [0, 0.1) is 0 Å². The maximum Gasteiger partial charge on any atom is 0.321 e. The molecule has 1 saturated heterocycles. The summed E-state index contributed by atoms with van der Waals surface area (Å²) in [7, 11) is 0. The van der Waals surface area contributed by atoms with E-state index in [1.807, 2.05) is 6.07 Å². The van der Waals surface area contributed by atoms with Crippen LogP contribution in [0.15, 0.2) is 24.3 Å². The standard InChI is InChI=1S/C12H14ClN3O2/c13-8-11(17)15-9-3-1-4-10(7-9)16-6-2-5-14-12(16)18/h1,3-4,7H,2,5-6,8H2,(H,14,18)(H,15,17). The Balaban J connectivity index is 2.15. The van der Waals surface area contributed by atoms with E-state index < -0.39 is 0 Å². The third kappa shape index (κ3) is 2.92. The number of benzene rings is 1. The molecule has 3 amide bonds. The van der Waals surface area contributed by atoms with Gasteiger partial charge in [-0.1, -0.05) is 6.07 Å². The van der Waals surface area contributed by atoms with Crippen LogP contribution in [-0.4, -0.2) is 30.9 Å². The van der Waals surface area contributed by atoms with E-state index in [9.17, 15) is 9.59 Å². The van der Waals surface area contributed by atoms with Gasteiger partial charge in [-0.05, 0) is 24.6 Å². The van der Waals surface area contributed by atoms with Gasteiger partial charge in [-0.3, -0.25) is 9.69 Å². The highest BCUT2D eigenvalue weighted by Gasteiger charge is 2.19. The Morgan fingerprint density at radius 2 is 2.33 bits per heavy atom. The molecule has 0 atom stereocenters. The predicted molar refractivity (Wildman–Crippen MR) is 71.2 cm³/mol. The van der Waals surface area contributed by atoms with Gasteiger partial charge >= 0.3 is 6.03 Å². The van der Waals surface area contributed by atoms with Crippen molar-refractivity contribution in [2.24, 2.45) is 0 Å². The Kier molecular flexibility index (Phi) is 4.04. The first-order valence-corrected chi connectivity index (χ1v) is 6.25. The van der Waals surface area contributed by atoms with Crippen molar-refractivity contribution in [2.75, 3.05) is 29.2 Å². The quantitative estimate of drug-likeness (QED) is 0.820. The van der Waals surface area contributed by atoms with Gasteiger partial charge in [-0.15, -0.1) is 11.6 Å².